The van der Waals surface area contributed by atoms with Crippen molar-refractivity contribution >= 4 is 27.5 Å². The Bertz CT molecular complexity index is 356. The van der Waals surface area contributed by atoms with Crippen LogP contribution < -0.4 is 11.1 Å². The zero-order chi connectivity index (χ0) is 12.2. The van der Waals surface area contributed by atoms with Crippen molar-refractivity contribution in [2.24, 2.45) is 5.73 Å². The molecule has 1 rings (SSSR count). The Hall–Kier alpha value is -0.940. The van der Waals surface area contributed by atoms with Crippen LogP contribution in [0.25, 0.3) is 0 Å². The van der Waals surface area contributed by atoms with E-state index in [1.54, 1.807) is 18.3 Å². The molecule has 0 spiro atoms. The Labute approximate surface area is 104 Å². The summed E-state index contributed by atoms with van der Waals surface area (Å²) in [5, 5.41) is 2.76. The first-order valence-electron chi connectivity index (χ1n) is 5.07. The summed E-state index contributed by atoms with van der Waals surface area (Å²) in [6.07, 6.45) is 2.68. The molecule has 3 N–H and O–H groups in total. The molecule has 0 aliphatic rings. The molecule has 0 aliphatic carbocycles. The first kappa shape index (κ1) is 13.1. The number of hydrogen-bond acceptors (Lipinski definition) is 3. The van der Waals surface area contributed by atoms with Crippen LogP contribution in [0.4, 0.5) is 5.69 Å². The third-order valence-electron chi connectivity index (χ3n) is 2.01. The molecular weight excluding hydrogens is 270 g/mol. The third-order valence-corrected chi connectivity index (χ3v) is 2.48. The van der Waals surface area contributed by atoms with Crippen LogP contribution in [0.1, 0.15) is 26.7 Å². The number of halogens is 1. The van der Waals surface area contributed by atoms with Gasteiger partial charge in [-0.3, -0.25) is 4.79 Å². The fourth-order valence-electron chi connectivity index (χ4n) is 1.11. The van der Waals surface area contributed by atoms with Crippen LogP contribution in [0.15, 0.2) is 22.9 Å². The summed E-state index contributed by atoms with van der Waals surface area (Å²) in [5.74, 6) is -0.0392. The molecule has 0 saturated heterocycles. The lowest BCUT2D eigenvalue weighted by Crippen LogP contribution is -2.33. The molecule has 0 aromatic carbocycles. The second-order valence-corrected chi connectivity index (χ2v) is 5.22. The van der Waals surface area contributed by atoms with Gasteiger partial charge in [-0.25, -0.2) is 4.98 Å². The molecule has 1 aromatic rings. The lowest BCUT2D eigenvalue weighted by atomic mass is 10.00. The van der Waals surface area contributed by atoms with E-state index in [1.807, 2.05) is 13.8 Å². The molecular formula is C11H16BrN3O. The fourth-order valence-corrected chi connectivity index (χ4v) is 1.34. The highest BCUT2D eigenvalue weighted by Gasteiger charge is 2.13. The molecule has 1 aromatic heterocycles. The van der Waals surface area contributed by atoms with E-state index in [0.717, 1.165) is 4.60 Å². The predicted molar refractivity (Wildman–Crippen MR) is 68.1 cm³/mol. The molecule has 16 heavy (non-hydrogen) atoms. The number of nitrogens with zero attached hydrogens (tertiary/aromatic N) is 1. The first-order valence-corrected chi connectivity index (χ1v) is 5.86. The predicted octanol–water partition coefficient (Wildman–Crippen LogP) is 2.30. The summed E-state index contributed by atoms with van der Waals surface area (Å²) in [5.41, 5.74) is 6.19. The number of rotatable bonds is 4. The lowest BCUT2D eigenvalue weighted by molar-refractivity contribution is -0.116. The number of carbonyl (C=O) groups is 1. The Balaban J connectivity index is 2.43. The van der Waals surface area contributed by atoms with Crippen LogP contribution in [-0.2, 0) is 4.79 Å². The summed E-state index contributed by atoms with van der Waals surface area (Å²) < 4.78 is 0.744. The second-order valence-electron chi connectivity index (χ2n) is 4.41. The van der Waals surface area contributed by atoms with Crippen molar-refractivity contribution in [1.82, 2.24) is 4.98 Å². The summed E-state index contributed by atoms with van der Waals surface area (Å²) >= 11 is 3.23. The van der Waals surface area contributed by atoms with Crippen LogP contribution in [0, 0.1) is 0 Å². The van der Waals surface area contributed by atoms with Gasteiger partial charge in [0.1, 0.15) is 4.60 Å². The van der Waals surface area contributed by atoms with Crippen molar-refractivity contribution in [2.45, 2.75) is 32.2 Å². The molecule has 0 atom stereocenters. The number of nitrogens with one attached hydrogen (secondary N) is 1. The molecule has 0 bridgehead atoms. The van der Waals surface area contributed by atoms with E-state index in [2.05, 4.69) is 26.2 Å². The van der Waals surface area contributed by atoms with E-state index in [1.165, 1.54) is 0 Å². The average molecular weight is 286 g/mol. The number of pyridine rings is 1. The van der Waals surface area contributed by atoms with Gasteiger partial charge < -0.3 is 11.1 Å². The van der Waals surface area contributed by atoms with E-state index in [9.17, 15) is 4.79 Å². The van der Waals surface area contributed by atoms with E-state index in [-0.39, 0.29) is 11.4 Å². The van der Waals surface area contributed by atoms with Gasteiger partial charge in [0.05, 0.1) is 11.9 Å². The Kier molecular flexibility index (Phi) is 4.44. The smallest absolute Gasteiger partial charge is 0.224 e. The Morgan fingerprint density at radius 1 is 1.56 bits per heavy atom. The lowest BCUT2D eigenvalue weighted by Gasteiger charge is -2.17. The molecule has 0 unspecified atom stereocenters. The summed E-state index contributed by atoms with van der Waals surface area (Å²) in [6.45, 7) is 3.81. The van der Waals surface area contributed by atoms with E-state index < -0.39 is 0 Å². The molecule has 1 heterocycles. The number of anilines is 1. The summed E-state index contributed by atoms with van der Waals surface area (Å²) in [7, 11) is 0. The maximum Gasteiger partial charge on any atom is 0.224 e. The van der Waals surface area contributed by atoms with Crippen molar-refractivity contribution in [3.05, 3.63) is 22.9 Å². The quantitative estimate of drug-likeness (QED) is 0.834. The number of nitrogens with two attached hydrogens (primary N) is 1. The van der Waals surface area contributed by atoms with Gasteiger partial charge in [0.2, 0.25) is 5.91 Å². The zero-order valence-corrected chi connectivity index (χ0v) is 11.0. The number of aromatic nitrogens is 1. The minimum absolute atomic E-state index is 0.0392. The van der Waals surface area contributed by atoms with Gasteiger partial charge in [0.25, 0.3) is 0 Å². The second kappa shape index (κ2) is 5.41. The molecule has 88 valence electrons. The molecule has 5 heteroatoms. The summed E-state index contributed by atoms with van der Waals surface area (Å²) in [6, 6.07) is 3.57. The molecule has 4 nitrogen and oxygen atoms in total. The zero-order valence-electron chi connectivity index (χ0n) is 9.46. The van der Waals surface area contributed by atoms with E-state index >= 15 is 0 Å². The first-order chi connectivity index (χ1) is 7.37. The van der Waals surface area contributed by atoms with Crippen molar-refractivity contribution in [2.75, 3.05) is 5.32 Å². The highest BCUT2D eigenvalue weighted by atomic mass is 79.9. The van der Waals surface area contributed by atoms with Crippen molar-refractivity contribution in [3.8, 4) is 0 Å². The van der Waals surface area contributed by atoms with E-state index in [0.29, 0.717) is 18.5 Å². The number of amides is 1. The molecule has 0 saturated carbocycles. The van der Waals surface area contributed by atoms with Crippen LogP contribution in [0.5, 0.6) is 0 Å². The van der Waals surface area contributed by atoms with Crippen LogP contribution >= 0.6 is 15.9 Å². The van der Waals surface area contributed by atoms with Crippen molar-refractivity contribution in [1.29, 1.82) is 0 Å². The monoisotopic (exact) mass is 285 g/mol. The van der Waals surface area contributed by atoms with Gasteiger partial charge in [0, 0.05) is 12.0 Å². The topological polar surface area (TPSA) is 68.0 Å². The molecule has 0 radical (unpaired) electrons. The maximum absolute atomic E-state index is 11.5. The largest absolute Gasteiger partial charge is 0.326 e. The van der Waals surface area contributed by atoms with Crippen molar-refractivity contribution < 1.29 is 4.79 Å². The highest BCUT2D eigenvalue weighted by molar-refractivity contribution is 9.10. The van der Waals surface area contributed by atoms with Crippen molar-refractivity contribution in [3.63, 3.8) is 0 Å². The third kappa shape index (κ3) is 5.23. The van der Waals surface area contributed by atoms with Gasteiger partial charge in [-0.1, -0.05) is 0 Å². The van der Waals surface area contributed by atoms with Crippen LogP contribution in [-0.4, -0.2) is 16.4 Å². The fraction of sp³-hybridized carbons (Fsp3) is 0.455. The Morgan fingerprint density at radius 2 is 2.25 bits per heavy atom. The number of hydrogen-bond donors (Lipinski definition) is 2. The van der Waals surface area contributed by atoms with Gasteiger partial charge >= 0.3 is 0 Å². The van der Waals surface area contributed by atoms with Gasteiger partial charge in [0.15, 0.2) is 0 Å². The standard InChI is InChI=1S/C11H16BrN3O/c1-11(2,13)6-5-10(16)15-8-3-4-9(12)14-7-8/h3-4,7H,5-6,13H2,1-2H3,(H,15,16). The van der Waals surface area contributed by atoms with Gasteiger partial charge in [-0.05, 0) is 48.3 Å². The van der Waals surface area contributed by atoms with Gasteiger partial charge in [-0.2, -0.15) is 0 Å². The number of carbonyl (C=O) groups excluding carboxylic acids is 1. The molecule has 0 aliphatic heterocycles. The maximum atomic E-state index is 11.5. The minimum Gasteiger partial charge on any atom is -0.326 e. The summed E-state index contributed by atoms with van der Waals surface area (Å²) in [4.78, 5) is 15.6. The normalized spacial score (nSPS) is 11.2. The van der Waals surface area contributed by atoms with Gasteiger partial charge in [-0.15, -0.1) is 0 Å². The molecule has 0 fully saturated rings. The highest BCUT2D eigenvalue weighted by Crippen LogP contribution is 2.12. The molecule has 1 amide bonds. The van der Waals surface area contributed by atoms with Crippen LogP contribution in [0.2, 0.25) is 0 Å². The Morgan fingerprint density at radius 3 is 2.75 bits per heavy atom. The van der Waals surface area contributed by atoms with E-state index in [4.69, 9.17) is 5.73 Å². The average Bonchev–Trinajstić information content (AvgIpc) is 2.18. The SMILES string of the molecule is CC(C)(N)CCC(=O)Nc1ccc(Br)nc1. The van der Waals surface area contributed by atoms with Crippen LogP contribution in [0.3, 0.4) is 0 Å². The minimum atomic E-state index is -0.310.